The molecule has 0 amide bonds. The zero-order chi connectivity index (χ0) is 11.1. The van der Waals surface area contributed by atoms with Crippen LogP contribution in [0.15, 0.2) is 0 Å². The van der Waals surface area contributed by atoms with Crippen LogP contribution < -0.4 is 5.73 Å². The fraction of sp³-hybridized carbons (Fsp3) is 0.667. The van der Waals surface area contributed by atoms with Gasteiger partial charge in [0.2, 0.25) is 10.6 Å². The van der Waals surface area contributed by atoms with E-state index in [1.165, 1.54) is 0 Å². The highest BCUT2D eigenvalue weighted by Crippen LogP contribution is 2.09. The highest BCUT2D eigenvalue weighted by Gasteiger charge is 2.02. The van der Waals surface area contributed by atoms with Crippen LogP contribution in [0.3, 0.4) is 0 Å². The third-order valence-corrected chi connectivity index (χ3v) is 2.32. The van der Waals surface area contributed by atoms with E-state index in [0.717, 1.165) is 38.6 Å². The molecule has 0 atom stereocenters. The number of nitrogens with two attached hydrogens (primary N) is 1. The maximum Gasteiger partial charge on any atom is 0.226 e. The van der Waals surface area contributed by atoms with E-state index in [-0.39, 0.29) is 10.6 Å². The van der Waals surface area contributed by atoms with Gasteiger partial charge in [0.05, 0.1) is 0 Å². The maximum absolute atomic E-state index is 5.65. The summed E-state index contributed by atoms with van der Waals surface area (Å²) in [7, 11) is 0. The first-order valence-corrected chi connectivity index (χ1v) is 5.74. The Kier molecular flexibility index (Phi) is 5.83. The van der Waals surface area contributed by atoms with Crippen molar-refractivity contribution in [3.63, 3.8) is 0 Å². The minimum atomic E-state index is 0.159. The molecular weight excluding hydrogens is 235 g/mol. The number of unbranched alkanes of at least 4 members (excludes halogenated alkanes) is 3. The average Bonchev–Trinajstić information content (AvgIpc) is 2.16. The Bertz CT molecular complexity index is 286. The second-order valence-corrected chi connectivity index (χ2v) is 3.92. The van der Waals surface area contributed by atoms with Gasteiger partial charge in [0, 0.05) is 6.42 Å². The number of hydrogen-bond donors (Lipinski definition) is 1. The molecule has 0 bridgehead atoms. The second-order valence-electron chi connectivity index (χ2n) is 3.24. The Labute approximate surface area is 99.2 Å². The molecule has 0 saturated heterocycles. The standard InChI is InChI=1S/C9H14Cl2N4/c10-8-13-7(14-9(11)15-8)5-3-1-2-4-6-12/h1-6,12H2. The van der Waals surface area contributed by atoms with E-state index in [2.05, 4.69) is 15.0 Å². The Balaban J connectivity index is 2.31. The summed E-state index contributed by atoms with van der Waals surface area (Å²) in [5.41, 5.74) is 5.39. The summed E-state index contributed by atoms with van der Waals surface area (Å²) in [5.74, 6) is 0.660. The lowest BCUT2D eigenvalue weighted by Gasteiger charge is -2.00. The number of nitrogens with zero attached hydrogens (tertiary/aromatic N) is 3. The fourth-order valence-electron chi connectivity index (χ4n) is 1.26. The molecule has 1 rings (SSSR count). The van der Waals surface area contributed by atoms with Crippen molar-refractivity contribution in [2.75, 3.05) is 6.54 Å². The van der Waals surface area contributed by atoms with Crippen LogP contribution in [0.2, 0.25) is 10.6 Å². The van der Waals surface area contributed by atoms with E-state index >= 15 is 0 Å². The van der Waals surface area contributed by atoms with Gasteiger partial charge >= 0.3 is 0 Å². The predicted molar refractivity (Wildman–Crippen MR) is 61.1 cm³/mol. The number of hydrogen-bond acceptors (Lipinski definition) is 4. The van der Waals surface area contributed by atoms with Crippen LogP contribution in [-0.4, -0.2) is 21.5 Å². The second kappa shape index (κ2) is 6.93. The minimum Gasteiger partial charge on any atom is -0.330 e. The molecule has 0 aromatic carbocycles. The first-order valence-electron chi connectivity index (χ1n) is 4.98. The van der Waals surface area contributed by atoms with Crippen molar-refractivity contribution in [3.05, 3.63) is 16.4 Å². The molecule has 15 heavy (non-hydrogen) atoms. The van der Waals surface area contributed by atoms with Gasteiger partial charge in [-0.1, -0.05) is 12.8 Å². The van der Waals surface area contributed by atoms with Crippen molar-refractivity contribution < 1.29 is 0 Å². The largest absolute Gasteiger partial charge is 0.330 e. The maximum atomic E-state index is 5.65. The summed E-state index contributed by atoms with van der Waals surface area (Å²) in [6, 6.07) is 0. The number of halogens is 2. The zero-order valence-electron chi connectivity index (χ0n) is 8.42. The fourth-order valence-corrected chi connectivity index (χ4v) is 1.66. The van der Waals surface area contributed by atoms with Crippen LogP contribution in [0.25, 0.3) is 0 Å². The van der Waals surface area contributed by atoms with E-state index in [0.29, 0.717) is 5.82 Å². The number of rotatable bonds is 6. The lowest BCUT2D eigenvalue weighted by Crippen LogP contribution is -2.00. The Morgan fingerprint density at radius 3 is 2.07 bits per heavy atom. The molecule has 4 nitrogen and oxygen atoms in total. The van der Waals surface area contributed by atoms with Crippen LogP contribution in [0.5, 0.6) is 0 Å². The Morgan fingerprint density at radius 1 is 0.867 bits per heavy atom. The molecule has 0 aliphatic carbocycles. The molecule has 1 aromatic heterocycles. The predicted octanol–water partition coefficient (Wildman–Crippen LogP) is 2.24. The Morgan fingerprint density at radius 2 is 1.47 bits per heavy atom. The minimum absolute atomic E-state index is 0.159. The molecule has 0 radical (unpaired) electrons. The first kappa shape index (κ1) is 12.6. The highest BCUT2D eigenvalue weighted by molar-refractivity contribution is 6.30. The van der Waals surface area contributed by atoms with Crippen LogP contribution in [0.4, 0.5) is 0 Å². The summed E-state index contributed by atoms with van der Waals surface area (Å²) in [6.07, 6.45) is 5.14. The van der Waals surface area contributed by atoms with Gasteiger partial charge in [-0.25, -0.2) is 9.97 Å². The van der Waals surface area contributed by atoms with Crippen LogP contribution in [0.1, 0.15) is 31.5 Å². The molecule has 0 unspecified atom stereocenters. The zero-order valence-corrected chi connectivity index (χ0v) is 9.93. The van der Waals surface area contributed by atoms with E-state index in [1.54, 1.807) is 0 Å². The SMILES string of the molecule is NCCCCCCc1nc(Cl)nc(Cl)n1. The molecule has 0 saturated carbocycles. The quantitative estimate of drug-likeness (QED) is 0.785. The van der Waals surface area contributed by atoms with Crippen molar-refractivity contribution in [2.45, 2.75) is 32.1 Å². The van der Waals surface area contributed by atoms with Crippen molar-refractivity contribution in [2.24, 2.45) is 5.73 Å². The van der Waals surface area contributed by atoms with Gasteiger partial charge < -0.3 is 5.73 Å². The monoisotopic (exact) mass is 248 g/mol. The van der Waals surface area contributed by atoms with Crippen LogP contribution >= 0.6 is 23.2 Å². The van der Waals surface area contributed by atoms with Crippen molar-refractivity contribution in [1.29, 1.82) is 0 Å². The van der Waals surface area contributed by atoms with Crippen LogP contribution in [0, 0.1) is 0 Å². The Hall–Kier alpha value is -0.450. The van der Waals surface area contributed by atoms with Gasteiger partial charge in [0.25, 0.3) is 0 Å². The van der Waals surface area contributed by atoms with E-state index in [9.17, 15) is 0 Å². The molecule has 0 aliphatic heterocycles. The van der Waals surface area contributed by atoms with E-state index < -0.39 is 0 Å². The molecule has 84 valence electrons. The van der Waals surface area contributed by atoms with Crippen LogP contribution in [-0.2, 0) is 6.42 Å². The molecule has 1 heterocycles. The lowest BCUT2D eigenvalue weighted by molar-refractivity contribution is 0.633. The summed E-state index contributed by atoms with van der Waals surface area (Å²) < 4.78 is 0. The van der Waals surface area contributed by atoms with E-state index in [1.807, 2.05) is 0 Å². The highest BCUT2D eigenvalue weighted by atomic mass is 35.5. The molecule has 6 heteroatoms. The van der Waals surface area contributed by atoms with Crippen molar-refractivity contribution in [3.8, 4) is 0 Å². The third kappa shape index (κ3) is 5.25. The van der Waals surface area contributed by atoms with Crippen molar-refractivity contribution >= 4 is 23.2 Å². The van der Waals surface area contributed by atoms with Gasteiger partial charge in [0.15, 0.2) is 0 Å². The number of aromatic nitrogens is 3. The van der Waals surface area contributed by atoms with Gasteiger partial charge in [-0.2, -0.15) is 4.98 Å². The molecule has 0 spiro atoms. The molecule has 0 aliphatic rings. The lowest BCUT2D eigenvalue weighted by atomic mass is 10.1. The topological polar surface area (TPSA) is 64.7 Å². The molecule has 2 N–H and O–H groups in total. The van der Waals surface area contributed by atoms with E-state index in [4.69, 9.17) is 28.9 Å². The average molecular weight is 249 g/mol. The van der Waals surface area contributed by atoms with Crippen molar-refractivity contribution in [1.82, 2.24) is 15.0 Å². The van der Waals surface area contributed by atoms with Gasteiger partial charge in [-0.3, -0.25) is 0 Å². The van der Waals surface area contributed by atoms with Gasteiger partial charge in [-0.15, -0.1) is 0 Å². The summed E-state index contributed by atoms with van der Waals surface area (Å²) in [6.45, 7) is 0.753. The molecular formula is C9H14Cl2N4. The third-order valence-electron chi connectivity index (χ3n) is 1.98. The van der Waals surface area contributed by atoms with Gasteiger partial charge in [0.1, 0.15) is 5.82 Å². The number of aryl methyl sites for hydroxylation is 1. The molecule has 0 fully saturated rings. The summed E-state index contributed by atoms with van der Waals surface area (Å²) in [4.78, 5) is 11.7. The summed E-state index contributed by atoms with van der Waals surface area (Å²) >= 11 is 11.3. The summed E-state index contributed by atoms with van der Waals surface area (Å²) in [5, 5.41) is 0.318. The smallest absolute Gasteiger partial charge is 0.226 e. The first-order chi connectivity index (χ1) is 7.22. The normalized spacial score (nSPS) is 10.6. The van der Waals surface area contributed by atoms with Gasteiger partial charge in [-0.05, 0) is 42.6 Å². The molecule has 1 aromatic rings.